The Balaban J connectivity index is 1.87. The first-order chi connectivity index (χ1) is 9.24. The summed E-state index contributed by atoms with van der Waals surface area (Å²) in [5, 5.41) is 7.96. The Labute approximate surface area is 123 Å². The molecule has 0 amide bonds. The first kappa shape index (κ1) is 12.4. The van der Waals surface area contributed by atoms with E-state index in [1.807, 2.05) is 42.5 Å². The number of fused-ring (bicyclic) bond motifs is 1. The van der Waals surface area contributed by atoms with Crippen LogP contribution < -0.4 is 5.32 Å². The van der Waals surface area contributed by atoms with Gasteiger partial charge in [0.1, 0.15) is 10.1 Å². The summed E-state index contributed by atoms with van der Waals surface area (Å²) in [5.74, 6) is 0.498. The molecule has 1 aromatic carbocycles. The average molecular weight is 338 g/mol. The molecule has 0 aliphatic carbocycles. The van der Waals surface area contributed by atoms with Gasteiger partial charge in [0.05, 0.1) is 0 Å². The fraction of sp³-hybridized carbons (Fsp3) is 0.0769. The monoisotopic (exact) mass is 336 g/mol. The number of rotatable bonds is 3. The van der Waals surface area contributed by atoms with Crippen LogP contribution >= 0.6 is 27.5 Å². The molecular weight excluding hydrogens is 328 g/mol. The molecule has 4 nitrogen and oxygen atoms in total. The van der Waals surface area contributed by atoms with Gasteiger partial charge in [0, 0.05) is 6.54 Å². The van der Waals surface area contributed by atoms with Gasteiger partial charge in [0.25, 0.3) is 0 Å². The first-order valence-electron chi connectivity index (χ1n) is 5.72. The van der Waals surface area contributed by atoms with Crippen LogP contribution in [0.3, 0.4) is 0 Å². The third kappa shape index (κ3) is 2.57. The van der Waals surface area contributed by atoms with Gasteiger partial charge in [0.15, 0.2) is 5.15 Å². The molecule has 0 aliphatic rings. The van der Waals surface area contributed by atoms with E-state index < -0.39 is 0 Å². The number of hydrogen-bond acceptors (Lipinski definition) is 3. The zero-order valence-corrected chi connectivity index (χ0v) is 12.2. The highest BCUT2D eigenvalue weighted by Crippen LogP contribution is 2.21. The Morgan fingerprint density at radius 1 is 1.16 bits per heavy atom. The maximum Gasteiger partial charge on any atom is 0.242 e. The van der Waals surface area contributed by atoms with E-state index in [1.165, 1.54) is 0 Å². The van der Waals surface area contributed by atoms with Crippen molar-refractivity contribution in [1.29, 1.82) is 0 Å². The van der Waals surface area contributed by atoms with Crippen molar-refractivity contribution in [2.24, 2.45) is 0 Å². The van der Waals surface area contributed by atoms with Crippen LogP contribution in [0.25, 0.3) is 5.52 Å². The lowest BCUT2D eigenvalue weighted by molar-refractivity contribution is 0.878. The van der Waals surface area contributed by atoms with E-state index >= 15 is 0 Å². The molecule has 2 heterocycles. The maximum absolute atomic E-state index is 6.12. The standard InChI is InChI=1S/C13H10BrClN4/c14-11-7-6-10-12(15)17-13(18-19(10)11)16-8-9-4-2-1-3-5-9/h1-7H,8H2,(H,16,18). The van der Waals surface area contributed by atoms with Crippen LogP contribution in [0.2, 0.25) is 5.15 Å². The Morgan fingerprint density at radius 2 is 1.95 bits per heavy atom. The fourth-order valence-electron chi connectivity index (χ4n) is 1.78. The molecule has 0 fully saturated rings. The number of anilines is 1. The van der Waals surface area contributed by atoms with Gasteiger partial charge in [-0.05, 0) is 33.6 Å². The van der Waals surface area contributed by atoms with Crippen LogP contribution in [0.4, 0.5) is 5.95 Å². The van der Waals surface area contributed by atoms with Gasteiger partial charge in [-0.25, -0.2) is 4.52 Å². The normalized spacial score (nSPS) is 10.8. The van der Waals surface area contributed by atoms with Crippen molar-refractivity contribution in [2.75, 3.05) is 5.32 Å². The van der Waals surface area contributed by atoms with Crippen molar-refractivity contribution in [3.8, 4) is 0 Å². The molecule has 1 N–H and O–H groups in total. The lowest BCUT2D eigenvalue weighted by atomic mass is 10.2. The molecule has 19 heavy (non-hydrogen) atoms. The molecule has 3 rings (SSSR count). The van der Waals surface area contributed by atoms with E-state index in [2.05, 4.69) is 31.3 Å². The minimum Gasteiger partial charge on any atom is -0.349 e. The zero-order valence-electron chi connectivity index (χ0n) is 9.85. The highest BCUT2D eigenvalue weighted by atomic mass is 79.9. The third-order valence-electron chi connectivity index (χ3n) is 2.71. The minimum absolute atomic E-state index is 0.427. The van der Waals surface area contributed by atoms with Crippen molar-refractivity contribution in [3.63, 3.8) is 0 Å². The van der Waals surface area contributed by atoms with Crippen molar-refractivity contribution in [2.45, 2.75) is 6.54 Å². The maximum atomic E-state index is 6.12. The Morgan fingerprint density at radius 3 is 2.74 bits per heavy atom. The first-order valence-corrected chi connectivity index (χ1v) is 6.90. The summed E-state index contributed by atoms with van der Waals surface area (Å²) in [6, 6.07) is 13.8. The SMILES string of the molecule is Clc1nc(NCc2ccccc2)nn2c(Br)ccc12. The zero-order chi connectivity index (χ0) is 13.2. The minimum atomic E-state index is 0.427. The van der Waals surface area contributed by atoms with E-state index in [0.717, 1.165) is 15.7 Å². The molecule has 0 saturated carbocycles. The molecule has 0 spiro atoms. The van der Waals surface area contributed by atoms with E-state index in [4.69, 9.17) is 11.6 Å². The highest BCUT2D eigenvalue weighted by Gasteiger charge is 2.08. The van der Waals surface area contributed by atoms with Gasteiger partial charge >= 0.3 is 0 Å². The number of nitrogens with zero attached hydrogens (tertiary/aromatic N) is 3. The van der Waals surface area contributed by atoms with Crippen molar-refractivity contribution < 1.29 is 0 Å². The average Bonchev–Trinajstić information content (AvgIpc) is 2.80. The summed E-state index contributed by atoms with van der Waals surface area (Å²) in [4.78, 5) is 4.23. The van der Waals surface area contributed by atoms with Gasteiger partial charge in [-0.3, -0.25) is 0 Å². The molecule has 96 valence electrons. The second-order valence-corrected chi connectivity index (χ2v) is 5.19. The van der Waals surface area contributed by atoms with Gasteiger partial charge in [-0.1, -0.05) is 41.9 Å². The van der Waals surface area contributed by atoms with Gasteiger partial charge in [-0.2, -0.15) is 4.98 Å². The molecule has 0 atom stereocenters. The summed E-state index contributed by atoms with van der Waals surface area (Å²) in [5.41, 5.74) is 1.94. The predicted molar refractivity (Wildman–Crippen MR) is 79.5 cm³/mol. The van der Waals surface area contributed by atoms with Gasteiger partial charge in [-0.15, -0.1) is 5.10 Å². The van der Waals surface area contributed by atoms with E-state index in [9.17, 15) is 0 Å². The molecule has 0 saturated heterocycles. The van der Waals surface area contributed by atoms with Gasteiger partial charge < -0.3 is 5.32 Å². The number of hydrogen-bond donors (Lipinski definition) is 1. The fourth-order valence-corrected chi connectivity index (χ4v) is 2.41. The van der Waals surface area contributed by atoms with Crippen LogP contribution in [-0.2, 0) is 6.54 Å². The van der Waals surface area contributed by atoms with Crippen molar-refractivity contribution in [1.82, 2.24) is 14.6 Å². The second-order valence-electron chi connectivity index (χ2n) is 4.02. The Kier molecular flexibility index (Phi) is 3.40. The molecule has 3 aromatic rings. The third-order valence-corrected chi connectivity index (χ3v) is 3.59. The van der Waals surface area contributed by atoms with E-state index in [1.54, 1.807) is 4.52 Å². The smallest absolute Gasteiger partial charge is 0.242 e. The summed E-state index contributed by atoms with van der Waals surface area (Å²) in [7, 11) is 0. The second kappa shape index (κ2) is 5.19. The summed E-state index contributed by atoms with van der Waals surface area (Å²) < 4.78 is 2.55. The number of nitrogens with one attached hydrogen (secondary N) is 1. The molecule has 0 unspecified atom stereocenters. The lowest BCUT2D eigenvalue weighted by Crippen LogP contribution is -2.07. The molecule has 6 heteroatoms. The van der Waals surface area contributed by atoms with Crippen LogP contribution in [0.1, 0.15) is 5.56 Å². The largest absolute Gasteiger partial charge is 0.349 e. The number of halogens is 2. The molecule has 0 aliphatic heterocycles. The lowest BCUT2D eigenvalue weighted by Gasteiger charge is -2.06. The predicted octanol–water partition coefficient (Wildman–Crippen LogP) is 3.76. The van der Waals surface area contributed by atoms with Crippen LogP contribution in [0, 0.1) is 0 Å². The summed E-state index contributed by atoms with van der Waals surface area (Å²) >= 11 is 9.54. The number of benzene rings is 1. The van der Waals surface area contributed by atoms with Crippen LogP contribution in [0.5, 0.6) is 0 Å². The van der Waals surface area contributed by atoms with Gasteiger partial charge in [0.2, 0.25) is 5.95 Å². The van der Waals surface area contributed by atoms with E-state index in [0.29, 0.717) is 17.6 Å². The van der Waals surface area contributed by atoms with E-state index in [-0.39, 0.29) is 0 Å². The summed E-state index contributed by atoms with van der Waals surface area (Å²) in [6.07, 6.45) is 0. The molecule has 0 bridgehead atoms. The Hall–Kier alpha value is -1.59. The summed E-state index contributed by atoms with van der Waals surface area (Å²) in [6.45, 7) is 0.654. The molecule has 0 radical (unpaired) electrons. The van der Waals surface area contributed by atoms with Crippen LogP contribution in [-0.4, -0.2) is 14.6 Å². The molecule has 2 aromatic heterocycles. The number of aromatic nitrogens is 3. The molecular formula is C13H10BrClN4. The highest BCUT2D eigenvalue weighted by molar-refractivity contribution is 9.10. The quantitative estimate of drug-likeness (QED) is 0.791. The topological polar surface area (TPSA) is 42.2 Å². The Bertz CT molecular complexity index is 711. The van der Waals surface area contributed by atoms with Crippen molar-refractivity contribution in [3.05, 3.63) is 57.8 Å². The van der Waals surface area contributed by atoms with Crippen molar-refractivity contribution >= 4 is 39.0 Å². The van der Waals surface area contributed by atoms with Crippen LogP contribution in [0.15, 0.2) is 47.1 Å².